The summed E-state index contributed by atoms with van der Waals surface area (Å²) in [6, 6.07) is 0. The fraction of sp³-hybridized carbons (Fsp3) is 0.167. The van der Waals surface area contributed by atoms with Crippen LogP contribution >= 0.6 is 0 Å². The summed E-state index contributed by atoms with van der Waals surface area (Å²) in [6.07, 6.45) is 1.02. The zero-order valence-corrected chi connectivity index (χ0v) is 5.98. The quantitative estimate of drug-likeness (QED) is 0.398. The van der Waals surface area contributed by atoms with Crippen molar-refractivity contribution >= 4 is 5.69 Å². The largest absolute Gasteiger partial charge is 0.616 e. The van der Waals surface area contributed by atoms with E-state index in [0.29, 0.717) is 0 Å². The molecule has 3 N–H and O–H groups in total. The lowest BCUT2D eigenvalue weighted by atomic mass is 10.3. The normalized spacial score (nSPS) is 13.3. The zero-order chi connectivity index (χ0) is 8.72. The minimum atomic E-state index is -0.531. The number of hydrogen-bond acceptors (Lipinski definition) is 5. The Hall–Kier alpha value is -1.85. The summed E-state index contributed by atoms with van der Waals surface area (Å²) in [5.74, 6) is -0.304. The van der Waals surface area contributed by atoms with Gasteiger partial charge in [0.2, 0.25) is 18.7 Å². The van der Waals surface area contributed by atoms with Crippen molar-refractivity contribution in [3.63, 3.8) is 0 Å². The number of anilines is 1. The first kappa shape index (κ1) is 6.84. The maximum atomic E-state index is 10.9. The SMILES string of the molecule is Nc1c[n+]([O-])c(O)c2c1OCO2. The van der Waals surface area contributed by atoms with E-state index in [0.717, 1.165) is 6.20 Å². The average molecular weight is 170 g/mol. The lowest BCUT2D eigenvalue weighted by Gasteiger charge is -2.02. The molecule has 0 saturated heterocycles. The molecule has 1 aromatic heterocycles. The van der Waals surface area contributed by atoms with E-state index in [2.05, 4.69) is 0 Å². The summed E-state index contributed by atoms with van der Waals surface area (Å²) in [6.45, 7) is -0.0306. The van der Waals surface area contributed by atoms with Crippen LogP contribution in [0.3, 0.4) is 0 Å². The molecule has 2 rings (SSSR count). The van der Waals surface area contributed by atoms with E-state index in [9.17, 15) is 5.21 Å². The third kappa shape index (κ3) is 0.714. The smallest absolute Gasteiger partial charge is 0.424 e. The molecule has 0 amide bonds. The van der Waals surface area contributed by atoms with E-state index in [1.807, 2.05) is 0 Å². The van der Waals surface area contributed by atoms with Gasteiger partial charge < -0.3 is 25.5 Å². The Kier molecular flexibility index (Phi) is 1.18. The number of fused-ring (bicyclic) bond motifs is 1. The van der Waals surface area contributed by atoms with Crippen molar-refractivity contribution in [1.82, 2.24) is 0 Å². The van der Waals surface area contributed by atoms with E-state index in [1.54, 1.807) is 0 Å². The fourth-order valence-corrected chi connectivity index (χ4v) is 1.01. The van der Waals surface area contributed by atoms with Crippen LogP contribution in [0.5, 0.6) is 17.4 Å². The number of ether oxygens (including phenoxy) is 2. The van der Waals surface area contributed by atoms with E-state index in [1.165, 1.54) is 0 Å². The van der Waals surface area contributed by atoms with Crippen molar-refractivity contribution in [3.05, 3.63) is 11.4 Å². The molecule has 0 unspecified atom stereocenters. The molecule has 0 fully saturated rings. The maximum Gasteiger partial charge on any atom is 0.424 e. The molecular formula is C6H6N2O4. The number of aromatic nitrogens is 1. The summed E-state index contributed by atoms with van der Waals surface area (Å²) >= 11 is 0. The Morgan fingerprint density at radius 1 is 1.50 bits per heavy atom. The number of nitrogens with two attached hydrogens (primary N) is 1. The van der Waals surface area contributed by atoms with Crippen molar-refractivity contribution in [2.75, 3.05) is 12.5 Å². The standard InChI is InChI=1S/C6H6N2O4/c7-3-1-8(10)6(9)5-4(3)11-2-12-5/h1,9H,2,7H2. The van der Waals surface area contributed by atoms with Gasteiger partial charge in [0.25, 0.3) is 5.75 Å². The Bertz CT molecular complexity index is 339. The van der Waals surface area contributed by atoms with Gasteiger partial charge >= 0.3 is 5.88 Å². The summed E-state index contributed by atoms with van der Waals surface area (Å²) in [7, 11) is 0. The van der Waals surface area contributed by atoms with Crippen molar-refractivity contribution in [2.24, 2.45) is 0 Å². The first-order valence-electron chi connectivity index (χ1n) is 3.20. The highest BCUT2D eigenvalue weighted by Gasteiger charge is 2.28. The second kappa shape index (κ2) is 2.07. The second-order valence-corrected chi connectivity index (χ2v) is 2.30. The van der Waals surface area contributed by atoms with Gasteiger partial charge in [-0.15, -0.1) is 4.73 Å². The molecule has 1 aliphatic rings. The third-order valence-corrected chi connectivity index (χ3v) is 1.54. The number of nitrogens with zero attached hydrogens (tertiary/aromatic N) is 1. The van der Waals surface area contributed by atoms with Crippen LogP contribution in [0.1, 0.15) is 0 Å². The molecule has 0 aromatic carbocycles. The monoisotopic (exact) mass is 170 g/mol. The van der Waals surface area contributed by atoms with Gasteiger partial charge in [0, 0.05) is 0 Å². The van der Waals surface area contributed by atoms with Crippen LogP contribution in [0.4, 0.5) is 5.69 Å². The highest BCUT2D eigenvalue weighted by molar-refractivity contribution is 5.61. The van der Waals surface area contributed by atoms with Crippen LogP contribution in [-0.2, 0) is 0 Å². The fourth-order valence-electron chi connectivity index (χ4n) is 1.01. The Morgan fingerprint density at radius 2 is 2.17 bits per heavy atom. The summed E-state index contributed by atoms with van der Waals surface area (Å²) < 4.78 is 9.95. The Balaban J connectivity index is 2.69. The summed E-state index contributed by atoms with van der Waals surface area (Å²) in [5, 5.41) is 20.0. The average Bonchev–Trinajstić information content (AvgIpc) is 2.48. The molecule has 64 valence electrons. The van der Waals surface area contributed by atoms with Gasteiger partial charge in [-0.05, 0) is 0 Å². The highest BCUT2D eigenvalue weighted by Crippen LogP contribution is 2.41. The molecule has 6 nitrogen and oxygen atoms in total. The Labute approximate surface area is 67.3 Å². The minimum Gasteiger partial charge on any atom is -0.616 e. The van der Waals surface area contributed by atoms with E-state index in [4.69, 9.17) is 20.3 Å². The molecule has 0 aliphatic carbocycles. The molecule has 0 spiro atoms. The predicted octanol–water partition coefficient (Wildman–Crippen LogP) is -0.663. The van der Waals surface area contributed by atoms with E-state index < -0.39 is 5.88 Å². The van der Waals surface area contributed by atoms with Crippen LogP contribution < -0.4 is 19.9 Å². The van der Waals surface area contributed by atoms with E-state index in [-0.39, 0.29) is 28.7 Å². The van der Waals surface area contributed by atoms with Crippen molar-refractivity contribution in [1.29, 1.82) is 0 Å². The lowest BCUT2D eigenvalue weighted by Crippen LogP contribution is -2.26. The third-order valence-electron chi connectivity index (χ3n) is 1.54. The maximum absolute atomic E-state index is 10.9. The van der Waals surface area contributed by atoms with Gasteiger partial charge in [0.15, 0.2) is 0 Å². The Morgan fingerprint density at radius 3 is 2.92 bits per heavy atom. The van der Waals surface area contributed by atoms with Crippen LogP contribution in [-0.4, -0.2) is 11.9 Å². The van der Waals surface area contributed by atoms with Crippen LogP contribution in [0.15, 0.2) is 6.20 Å². The van der Waals surface area contributed by atoms with Crippen molar-refractivity contribution < 1.29 is 19.3 Å². The minimum absolute atomic E-state index is 0.00463. The van der Waals surface area contributed by atoms with Gasteiger partial charge in [-0.1, -0.05) is 0 Å². The molecule has 0 atom stereocenters. The molecule has 12 heavy (non-hydrogen) atoms. The van der Waals surface area contributed by atoms with Gasteiger partial charge in [-0.25, -0.2) is 0 Å². The van der Waals surface area contributed by atoms with Gasteiger partial charge in [-0.2, -0.15) is 0 Å². The molecule has 0 bridgehead atoms. The molecule has 0 saturated carbocycles. The summed E-state index contributed by atoms with van der Waals surface area (Å²) in [4.78, 5) is 0. The van der Waals surface area contributed by atoms with Crippen molar-refractivity contribution in [2.45, 2.75) is 0 Å². The van der Waals surface area contributed by atoms with E-state index >= 15 is 0 Å². The zero-order valence-electron chi connectivity index (χ0n) is 5.98. The van der Waals surface area contributed by atoms with Gasteiger partial charge in [-0.3, -0.25) is 0 Å². The first-order valence-corrected chi connectivity index (χ1v) is 3.20. The van der Waals surface area contributed by atoms with Gasteiger partial charge in [0.05, 0.1) is 0 Å². The molecule has 2 heterocycles. The highest BCUT2D eigenvalue weighted by atomic mass is 16.7. The second-order valence-electron chi connectivity index (χ2n) is 2.30. The van der Waals surface area contributed by atoms with Crippen molar-refractivity contribution in [3.8, 4) is 17.4 Å². The van der Waals surface area contributed by atoms with Gasteiger partial charge in [0.1, 0.15) is 5.69 Å². The lowest BCUT2D eigenvalue weighted by molar-refractivity contribution is -0.612. The van der Waals surface area contributed by atoms with Crippen LogP contribution in [0, 0.1) is 5.21 Å². The molecule has 6 heteroatoms. The first-order chi connectivity index (χ1) is 5.70. The van der Waals surface area contributed by atoms with Crippen LogP contribution in [0.2, 0.25) is 0 Å². The number of rotatable bonds is 0. The number of pyridine rings is 1. The molecule has 0 radical (unpaired) electrons. The number of hydrogen-bond donors (Lipinski definition) is 2. The number of nitrogen functional groups attached to an aromatic ring is 1. The topological polar surface area (TPSA) is 91.7 Å². The molecule has 1 aromatic rings. The predicted molar refractivity (Wildman–Crippen MR) is 37.6 cm³/mol. The number of aromatic hydroxyl groups is 1. The molecular weight excluding hydrogens is 164 g/mol. The summed E-state index contributed by atoms with van der Waals surface area (Å²) in [5.41, 5.74) is 5.55. The van der Waals surface area contributed by atoms with Crippen LogP contribution in [0.25, 0.3) is 0 Å². The molecule has 1 aliphatic heterocycles.